The second-order valence-corrected chi connectivity index (χ2v) is 6.89. The summed E-state index contributed by atoms with van der Waals surface area (Å²) in [6.07, 6.45) is 3.65. The molecule has 1 N–H and O–H groups in total. The first-order chi connectivity index (χ1) is 13.1. The molecule has 0 bridgehead atoms. The second kappa shape index (κ2) is 8.12. The number of hydrogen-bond acceptors (Lipinski definition) is 5. The van der Waals surface area contributed by atoms with Gasteiger partial charge in [0.15, 0.2) is 5.69 Å². The van der Waals surface area contributed by atoms with Gasteiger partial charge >= 0.3 is 0 Å². The monoisotopic (exact) mass is 401 g/mol. The van der Waals surface area contributed by atoms with E-state index in [1.807, 2.05) is 60.8 Å². The van der Waals surface area contributed by atoms with Crippen LogP contribution >= 0.6 is 12.4 Å². The van der Waals surface area contributed by atoms with Crippen molar-refractivity contribution in [3.8, 4) is 5.69 Å². The van der Waals surface area contributed by atoms with E-state index in [2.05, 4.69) is 20.6 Å². The van der Waals surface area contributed by atoms with Crippen LogP contribution in [0.25, 0.3) is 5.69 Å². The number of imidazole rings is 1. The van der Waals surface area contributed by atoms with Crippen molar-refractivity contribution in [1.82, 2.24) is 34.8 Å². The van der Waals surface area contributed by atoms with Crippen molar-refractivity contribution in [3.05, 3.63) is 59.4 Å². The van der Waals surface area contributed by atoms with Crippen LogP contribution in [0.15, 0.2) is 36.7 Å². The summed E-state index contributed by atoms with van der Waals surface area (Å²) < 4.78 is 3.67. The minimum absolute atomic E-state index is 0. The average molecular weight is 402 g/mol. The fourth-order valence-electron chi connectivity index (χ4n) is 3.54. The van der Waals surface area contributed by atoms with Gasteiger partial charge in [0, 0.05) is 39.1 Å². The van der Waals surface area contributed by atoms with Crippen molar-refractivity contribution in [2.75, 3.05) is 19.6 Å². The normalized spacial score (nSPS) is 16.7. The Hall–Kier alpha value is -2.71. The first kappa shape index (κ1) is 20.0. The number of nitrogens with zero attached hydrogens (tertiary/aromatic N) is 6. The lowest BCUT2D eigenvalue weighted by Crippen LogP contribution is -2.49. The first-order valence-corrected chi connectivity index (χ1v) is 9.04. The van der Waals surface area contributed by atoms with Crippen molar-refractivity contribution >= 4 is 18.3 Å². The van der Waals surface area contributed by atoms with Gasteiger partial charge in [-0.15, -0.1) is 17.5 Å². The summed E-state index contributed by atoms with van der Waals surface area (Å²) in [4.78, 5) is 19.6. The van der Waals surface area contributed by atoms with Gasteiger partial charge in [0.1, 0.15) is 11.9 Å². The molecular formula is C19H24ClN7O. The molecule has 0 saturated carbocycles. The van der Waals surface area contributed by atoms with Crippen LogP contribution in [0.3, 0.4) is 0 Å². The molecule has 0 aliphatic carbocycles. The highest BCUT2D eigenvalue weighted by Crippen LogP contribution is 2.23. The summed E-state index contributed by atoms with van der Waals surface area (Å²) in [6.45, 7) is 5.93. The van der Waals surface area contributed by atoms with Crippen LogP contribution in [0.1, 0.15) is 33.6 Å². The topological polar surface area (TPSA) is 80.9 Å². The average Bonchev–Trinajstić information content (AvgIpc) is 3.27. The summed E-state index contributed by atoms with van der Waals surface area (Å²) in [5.41, 5.74) is 3.16. The smallest absolute Gasteiger partial charge is 0.277 e. The van der Waals surface area contributed by atoms with Crippen molar-refractivity contribution < 1.29 is 4.79 Å². The zero-order valence-electron chi connectivity index (χ0n) is 16.2. The van der Waals surface area contributed by atoms with E-state index in [4.69, 9.17) is 0 Å². The number of hydrogen-bond donors (Lipinski definition) is 1. The van der Waals surface area contributed by atoms with Gasteiger partial charge in [-0.1, -0.05) is 17.3 Å². The summed E-state index contributed by atoms with van der Waals surface area (Å²) in [7, 11) is 1.94. The van der Waals surface area contributed by atoms with Crippen molar-refractivity contribution in [1.29, 1.82) is 0 Å². The summed E-state index contributed by atoms with van der Waals surface area (Å²) in [5, 5.41) is 11.8. The van der Waals surface area contributed by atoms with Gasteiger partial charge in [0.2, 0.25) is 0 Å². The molecule has 1 amide bonds. The molecule has 2 aromatic heterocycles. The number of rotatable bonds is 3. The second-order valence-electron chi connectivity index (χ2n) is 6.89. The summed E-state index contributed by atoms with van der Waals surface area (Å²) in [6, 6.07) is 7.86. The number of piperazine rings is 1. The maximum atomic E-state index is 13.3. The minimum Gasteiger partial charge on any atom is -0.336 e. The third-order valence-corrected chi connectivity index (χ3v) is 5.00. The first-order valence-electron chi connectivity index (χ1n) is 9.04. The maximum absolute atomic E-state index is 13.3. The number of carbonyl (C=O) groups is 1. The van der Waals surface area contributed by atoms with E-state index in [-0.39, 0.29) is 24.4 Å². The van der Waals surface area contributed by atoms with Gasteiger partial charge in [-0.3, -0.25) is 4.79 Å². The number of amides is 1. The predicted molar refractivity (Wildman–Crippen MR) is 108 cm³/mol. The van der Waals surface area contributed by atoms with Crippen molar-refractivity contribution in [3.63, 3.8) is 0 Å². The molecule has 8 nitrogen and oxygen atoms in total. The number of benzene rings is 1. The standard InChI is InChI=1S/C19H23N7O.ClH/c1-13-5-4-6-15(11-13)26-14(2)17(22-23-26)19(27)25-10-7-20-12-16(25)18-21-8-9-24(18)3;/h4-6,8-9,11,16,20H,7,10,12H2,1-3H3;1H. The Bertz CT molecular complexity index is 980. The Morgan fingerprint density at radius 2 is 2.11 bits per heavy atom. The zero-order valence-corrected chi connectivity index (χ0v) is 17.0. The van der Waals surface area contributed by atoms with Crippen molar-refractivity contribution in [2.24, 2.45) is 7.05 Å². The molecule has 1 atom stereocenters. The van der Waals surface area contributed by atoms with Crippen LogP contribution in [0.5, 0.6) is 0 Å². The van der Waals surface area contributed by atoms with Crippen LogP contribution in [0.4, 0.5) is 0 Å². The highest BCUT2D eigenvalue weighted by molar-refractivity contribution is 5.93. The van der Waals surface area contributed by atoms with E-state index < -0.39 is 0 Å². The molecule has 3 heterocycles. The third-order valence-electron chi connectivity index (χ3n) is 5.00. The lowest BCUT2D eigenvalue weighted by molar-refractivity contribution is 0.0614. The molecule has 1 fully saturated rings. The van der Waals surface area contributed by atoms with Crippen LogP contribution < -0.4 is 5.32 Å². The number of nitrogens with one attached hydrogen (secondary N) is 1. The number of carbonyl (C=O) groups excluding carboxylic acids is 1. The lowest BCUT2D eigenvalue weighted by atomic mass is 10.1. The zero-order chi connectivity index (χ0) is 19.0. The Labute approximate surface area is 170 Å². The largest absolute Gasteiger partial charge is 0.336 e. The molecule has 9 heteroatoms. The van der Waals surface area contributed by atoms with Gasteiger partial charge in [-0.2, -0.15) is 0 Å². The molecule has 1 unspecified atom stereocenters. The molecule has 148 valence electrons. The molecule has 0 radical (unpaired) electrons. The number of aryl methyl sites for hydroxylation is 2. The van der Waals surface area contributed by atoms with E-state index in [9.17, 15) is 4.79 Å². The Morgan fingerprint density at radius 1 is 1.29 bits per heavy atom. The fourth-order valence-corrected chi connectivity index (χ4v) is 3.54. The Kier molecular flexibility index (Phi) is 5.81. The predicted octanol–water partition coefficient (Wildman–Crippen LogP) is 1.83. The fraction of sp³-hybridized carbons (Fsp3) is 0.368. The van der Waals surface area contributed by atoms with E-state index in [1.165, 1.54) is 0 Å². The number of aromatic nitrogens is 5. The van der Waals surface area contributed by atoms with Gasteiger partial charge in [0.05, 0.1) is 11.4 Å². The summed E-state index contributed by atoms with van der Waals surface area (Å²) in [5.74, 6) is 0.750. The molecule has 4 rings (SSSR count). The highest BCUT2D eigenvalue weighted by atomic mass is 35.5. The molecule has 1 aliphatic rings. The molecule has 1 aromatic carbocycles. The van der Waals surface area contributed by atoms with Crippen LogP contribution in [0, 0.1) is 13.8 Å². The molecule has 3 aromatic rings. The molecular weight excluding hydrogens is 378 g/mol. The van der Waals surface area contributed by atoms with Gasteiger partial charge < -0.3 is 14.8 Å². The Balaban J connectivity index is 0.00000225. The van der Waals surface area contributed by atoms with Crippen LogP contribution in [0.2, 0.25) is 0 Å². The molecule has 1 aliphatic heterocycles. The van der Waals surface area contributed by atoms with Crippen LogP contribution in [-0.4, -0.2) is 55.0 Å². The minimum atomic E-state index is -0.130. The highest BCUT2D eigenvalue weighted by Gasteiger charge is 2.33. The number of halogens is 1. The van der Waals surface area contributed by atoms with E-state index in [1.54, 1.807) is 10.9 Å². The molecule has 0 spiro atoms. The van der Waals surface area contributed by atoms with E-state index >= 15 is 0 Å². The van der Waals surface area contributed by atoms with Crippen molar-refractivity contribution in [2.45, 2.75) is 19.9 Å². The third kappa shape index (κ3) is 3.53. The SMILES string of the molecule is Cc1cccc(-n2nnc(C(=O)N3CCNCC3c3nccn3C)c2C)c1.Cl. The van der Waals surface area contributed by atoms with Crippen LogP contribution in [-0.2, 0) is 7.05 Å². The lowest BCUT2D eigenvalue weighted by Gasteiger charge is -2.35. The molecule has 28 heavy (non-hydrogen) atoms. The van der Waals surface area contributed by atoms with E-state index in [0.29, 0.717) is 18.8 Å². The van der Waals surface area contributed by atoms with E-state index in [0.717, 1.165) is 29.3 Å². The Morgan fingerprint density at radius 3 is 2.82 bits per heavy atom. The summed E-state index contributed by atoms with van der Waals surface area (Å²) >= 11 is 0. The molecule has 1 saturated heterocycles. The maximum Gasteiger partial charge on any atom is 0.277 e. The van der Waals surface area contributed by atoms with Gasteiger partial charge in [-0.05, 0) is 31.5 Å². The quantitative estimate of drug-likeness (QED) is 0.724. The van der Waals surface area contributed by atoms with Gasteiger partial charge in [0.25, 0.3) is 5.91 Å². The van der Waals surface area contributed by atoms with Gasteiger partial charge in [-0.25, -0.2) is 9.67 Å².